The standard InChI is InChI=1S/C11H23N3O2/c1-4-14(5-2)11(16)7-6-10(15)13-9-8-12-3/h12H,4-9H2,1-3H3,(H,13,15). The number of hydrogen-bond donors (Lipinski definition) is 2. The van der Waals surface area contributed by atoms with Crippen molar-refractivity contribution in [3.05, 3.63) is 0 Å². The fraction of sp³-hybridized carbons (Fsp3) is 0.818. The molecule has 16 heavy (non-hydrogen) atoms. The highest BCUT2D eigenvalue weighted by Gasteiger charge is 2.11. The lowest BCUT2D eigenvalue weighted by molar-refractivity contribution is -0.133. The number of likely N-dealkylation sites (N-methyl/N-ethyl adjacent to an activating group) is 1. The molecule has 0 atom stereocenters. The molecule has 5 heteroatoms. The molecule has 0 aliphatic carbocycles. The smallest absolute Gasteiger partial charge is 0.223 e. The molecule has 0 saturated carbocycles. The molecule has 0 aliphatic heterocycles. The van der Waals surface area contributed by atoms with Crippen LogP contribution in [0.2, 0.25) is 0 Å². The lowest BCUT2D eigenvalue weighted by Gasteiger charge is -2.18. The molecule has 94 valence electrons. The molecule has 0 aromatic carbocycles. The third kappa shape index (κ3) is 6.40. The van der Waals surface area contributed by atoms with Crippen molar-refractivity contribution in [1.82, 2.24) is 15.5 Å². The van der Waals surface area contributed by atoms with Crippen LogP contribution >= 0.6 is 0 Å². The number of rotatable bonds is 8. The Morgan fingerprint density at radius 1 is 1.06 bits per heavy atom. The molecule has 5 nitrogen and oxygen atoms in total. The van der Waals surface area contributed by atoms with Gasteiger partial charge in [0.15, 0.2) is 0 Å². The molecule has 0 aromatic rings. The SMILES string of the molecule is CCN(CC)C(=O)CCC(=O)NCCNC. The van der Waals surface area contributed by atoms with E-state index in [0.29, 0.717) is 26.1 Å². The average Bonchev–Trinajstić information content (AvgIpc) is 2.28. The van der Waals surface area contributed by atoms with Gasteiger partial charge in [-0.25, -0.2) is 0 Å². The molecule has 0 heterocycles. The quantitative estimate of drug-likeness (QED) is 0.575. The highest BCUT2D eigenvalue weighted by atomic mass is 16.2. The van der Waals surface area contributed by atoms with Crippen LogP contribution in [0.1, 0.15) is 26.7 Å². The molecule has 0 saturated heterocycles. The summed E-state index contributed by atoms with van der Waals surface area (Å²) < 4.78 is 0. The maximum absolute atomic E-state index is 11.6. The van der Waals surface area contributed by atoms with Crippen LogP contribution in [-0.2, 0) is 9.59 Å². The summed E-state index contributed by atoms with van der Waals surface area (Å²) in [5.74, 6) is -0.00970. The Balaban J connectivity index is 3.70. The average molecular weight is 229 g/mol. The van der Waals surface area contributed by atoms with Gasteiger partial charge in [-0.05, 0) is 20.9 Å². The maximum Gasteiger partial charge on any atom is 0.223 e. The monoisotopic (exact) mass is 229 g/mol. The van der Waals surface area contributed by atoms with Crippen molar-refractivity contribution in [2.75, 3.05) is 33.2 Å². The van der Waals surface area contributed by atoms with E-state index in [1.165, 1.54) is 0 Å². The first-order chi connectivity index (χ1) is 7.65. The number of nitrogens with zero attached hydrogens (tertiary/aromatic N) is 1. The second-order valence-electron chi connectivity index (χ2n) is 3.52. The Morgan fingerprint density at radius 3 is 2.19 bits per heavy atom. The predicted molar refractivity (Wildman–Crippen MR) is 64.1 cm³/mol. The molecular formula is C11H23N3O2. The van der Waals surface area contributed by atoms with Crippen LogP contribution in [0.5, 0.6) is 0 Å². The predicted octanol–water partition coefficient (Wildman–Crippen LogP) is -0.0294. The normalized spacial score (nSPS) is 9.94. The first kappa shape index (κ1) is 14.9. The first-order valence-electron chi connectivity index (χ1n) is 5.84. The molecule has 0 spiro atoms. The molecule has 0 radical (unpaired) electrons. The second-order valence-corrected chi connectivity index (χ2v) is 3.52. The Morgan fingerprint density at radius 2 is 1.69 bits per heavy atom. The van der Waals surface area contributed by atoms with Crippen LogP contribution < -0.4 is 10.6 Å². The molecular weight excluding hydrogens is 206 g/mol. The van der Waals surface area contributed by atoms with Crippen LogP contribution in [0.4, 0.5) is 0 Å². The van der Waals surface area contributed by atoms with Crippen molar-refractivity contribution in [3.63, 3.8) is 0 Å². The fourth-order valence-corrected chi connectivity index (χ4v) is 1.37. The van der Waals surface area contributed by atoms with Gasteiger partial charge in [0.25, 0.3) is 0 Å². The zero-order chi connectivity index (χ0) is 12.4. The summed E-state index contributed by atoms with van der Waals surface area (Å²) >= 11 is 0. The third-order valence-electron chi connectivity index (χ3n) is 2.38. The minimum atomic E-state index is -0.0595. The Kier molecular flexibility index (Phi) is 8.52. The van der Waals surface area contributed by atoms with Crippen LogP contribution in [0, 0.1) is 0 Å². The van der Waals surface area contributed by atoms with Crippen LogP contribution in [0.3, 0.4) is 0 Å². The highest BCUT2D eigenvalue weighted by molar-refractivity contribution is 5.83. The van der Waals surface area contributed by atoms with E-state index in [9.17, 15) is 9.59 Å². The van der Waals surface area contributed by atoms with Crippen molar-refractivity contribution in [2.45, 2.75) is 26.7 Å². The van der Waals surface area contributed by atoms with Gasteiger partial charge >= 0.3 is 0 Å². The van der Waals surface area contributed by atoms with Gasteiger partial charge in [0.1, 0.15) is 0 Å². The van der Waals surface area contributed by atoms with Gasteiger partial charge < -0.3 is 15.5 Å². The van der Waals surface area contributed by atoms with Gasteiger partial charge in [0.2, 0.25) is 11.8 Å². The summed E-state index contributed by atoms with van der Waals surface area (Å²) in [5, 5.41) is 5.68. The molecule has 2 amide bonds. The van der Waals surface area contributed by atoms with Crippen molar-refractivity contribution in [1.29, 1.82) is 0 Å². The molecule has 0 rings (SSSR count). The number of nitrogens with one attached hydrogen (secondary N) is 2. The van der Waals surface area contributed by atoms with E-state index in [1.807, 2.05) is 20.9 Å². The lowest BCUT2D eigenvalue weighted by Crippen LogP contribution is -2.33. The van der Waals surface area contributed by atoms with Gasteiger partial charge in [-0.1, -0.05) is 0 Å². The zero-order valence-electron chi connectivity index (χ0n) is 10.5. The van der Waals surface area contributed by atoms with Crippen LogP contribution in [0.15, 0.2) is 0 Å². The summed E-state index contributed by atoms with van der Waals surface area (Å²) in [6.45, 7) is 6.64. The third-order valence-corrected chi connectivity index (χ3v) is 2.38. The number of hydrogen-bond acceptors (Lipinski definition) is 3. The first-order valence-corrected chi connectivity index (χ1v) is 5.84. The molecule has 0 bridgehead atoms. The molecule has 0 unspecified atom stereocenters. The van der Waals surface area contributed by atoms with E-state index >= 15 is 0 Å². The summed E-state index contributed by atoms with van der Waals surface area (Å²) in [6.07, 6.45) is 0.576. The summed E-state index contributed by atoms with van der Waals surface area (Å²) in [6, 6.07) is 0. The van der Waals surface area contributed by atoms with Gasteiger partial charge in [-0.3, -0.25) is 9.59 Å². The van der Waals surface area contributed by atoms with Gasteiger partial charge in [-0.2, -0.15) is 0 Å². The van der Waals surface area contributed by atoms with Crippen molar-refractivity contribution >= 4 is 11.8 Å². The highest BCUT2D eigenvalue weighted by Crippen LogP contribution is 1.97. The van der Waals surface area contributed by atoms with E-state index < -0.39 is 0 Å². The number of amides is 2. The molecule has 0 aliphatic rings. The van der Waals surface area contributed by atoms with Gasteiger partial charge in [0.05, 0.1) is 0 Å². The molecule has 0 aromatic heterocycles. The van der Waals surface area contributed by atoms with E-state index in [0.717, 1.165) is 6.54 Å². The minimum Gasteiger partial charge on any atom is -0.355 e. The van der Waals surface area contributed by atoms with Crippen LogP contribution in [0.25, 0.3) is 0 Å². The Bertz CT molecular complexity index is 215. The number of carbonyl (C=O) groups excluding carboxylic acids is 2. The molecule has 2 N–H and O–H groups in total. The topological polar surface area (TPSA) is 61.4 Å². The van der Waals surface area contributed by atoms with E-state index in [1.54, 1.807) is 4.90 Å². The van der Waals surface area contributed by atoms with Gasteiger partial charge in [0, 0.05) is 39.0 Å². The van der Waals surface area contributed by atoms with Crippen molar-refractivity contribution in [3.8, 4) is 0 Å². The summed E-state index contributed by atoms with van der Waals surface area (Å²) in [5.41, 5.74) is 0. The summed E-state index contributed by atoms with van der Waals surface area (Å²) in [7, 11) is 1.83. The molecule has 0 fully saturated rings. The Hall–Kier alpha value is -1.10. The lowest BCUT2D eigenvalue weighted by atomic mass is 10.2. The maximum atomic E-state index is 11.6. The van der Waals surface area contributed by atoms with E-state index in [-0.39, 0.29) is 18.2 Å². The van der Waals surface area contributed by atoms with E-state index in [2.05, 4.69) is 10.6 Å². The van der Waals surface area contributed by atoms with Gasteiger partial charge in [-0.15, -0.1) is 0 Å². The van der Waals surface area contributed by atoms with E-state index in [4.69, 9.17) is 0 Å². The summed E-state index contributed by atoms with van der Waals surface area (Å²) in [4.78, 5) is 24.6. The van der Waals surface area contributed by atoms with Crippen molar-refractivity contribution in [2.24, 2.45) is 0 Å². The fourth-order valence-electron chi connectivity index (χ4n) is 1.37. The van der Waals surface area contributed by atoms with Crippen molar-refractivity contribution < 1.29 is 9.59 Å². The number of carbonyl (C=O) groups is 2. The minimum absolute atomic E-state index is 0.0498. The second kappa shape index (κ2) is 9.15. The zero-order valence-corrected chi connectivity index (χ0v) is 10.5. The Labute approximate surface area is 97.6 Å². The van der Waals surface area contributed by atoms with Crippen LogP contribution in [-0.4, -0.2) is 49.9 Å². The largest absolute Gasteiger partial charge is 0.355 e.